The molecule has 1 aliphatic heterocycles. The van der Waals surface area contributed by atoms with Crippen LogP contribution in [0.25, 0.3) is 10.1 Å². The van der Waals surface area contributed by atoms with Crippen LogP contribution in [0.5, 0.6) is 0 Å². The van der Waals surface area contributed by atoms with E-state index in [0.717, 1.165) is 32.8 Å². The molecule has 0 radical (unpaired) electrons. The lowest BCUT2D eigenvalue weighted by Crippen LogP contribution is -2.33. The van der Waals surface area contributed by atoms with Crippen LogP contribution in [0.1, 0.15) is 29.9 Å². The molecule has 3 aromatic rings. The van der Waals surface area contributed by atoms with Gasteiger partial charge in [-0.3, -0.25) is 14.8 Å². The van der Waals surface area contributed by atoms with E-state index in [2.05, 4.69) is 27.6 Å². The molecule has 1 aliphatic carbocycles. The summed E-state index contributed by atoms with van der Waals surface area (Å²) in [6.07, 6.45) is 5.96. The first kappa shape index (κ1) is 17.4. The van der Waals surface area contributed by atoms with Crippen molar-refractivity contribution < 1.29 is 9.18 Å². The fourth-order valence-electron chi connectivity index (χ4n) is 3.72. The number of hydrogen-bond acceptors (Lipinski definition) is 3. The molecule has 4 nitrogen and oxygen atoms in total. The summed E-state index contributed by atoms with van der Waals surface area (Å²) in [4.78, 5) is 21.2. The summed E-state index contributed by atoms with van der Waals surface area (Å²) in [5, 5.41) is 0.719. The summed E-state index contributed by atoms with van der Waals surface area (Å²) in [6.45, 7) is 2.40. The molecule has 2 fully saturated rings. The van der Waals surface area contributed by atoms with E-state index in [1.807, 2.05) is 29.2 Å². The van der Waals surface area contributed by atoms with Crippen molar-refractivity contribution in [1.29, 1.82) is 0 Å². The van der Waals surface area contributed by atoms with Crippen molar-refractivity contribution in [3.63, 3.8) is 0 Å². The van der Waals surface area contributed by atoms with Crippen molar-refractivity contribution in [1.82, 2.24) is 4.98 Å². The lowest BCUT2D eigenvalue weighted by Gasteiger charge is -2.21. The number of thiophene rings is 1. The number of carbonyl (C=O) groups excluding carboxylic acids is 1. The van der Waals surface area contributed by atoms with E-state index >= 15 is 0 Å². The third-order valence-electron chi connectivity index (χ3n) is 5.33. The van der Waals surface area contributed by atoms with Crippen LogP contribution in [-0.2, 0) is 0 Å². The highest BCUT2D eigenvalue weighted by atomic mass is 127. The predicted molar refractivity (Wildman–Crippen MR) is 116 cm³/mol. The van der Waals surface area contributed by atoms with Crippen LogP contribution in [0.2, 0.25) is 0 Å². The quantitative estimate of drug-likeness (QED) is 0.262. The Hall–Kier alpha value is -1.74. The molecule has 1 saturated heterocycles. The topological polar surface area (TPSA) is 36.4 Å². The normalized spacial score (nSPS) is 20.1. The van der Waals surface area contributed by atoms with E-state index < -0.39 is 0 Å². The smallest absolute Gasteiger partial charge is 0.289 e. The first-order valence-corrected chi connectivity index (χ1v) is 11.0. The zero-order valence-electron chi connectivity index (χ0n) is 14.7. The number of carbonyl (C=O) groups is 1. The summed E-state index contributed by atoms with van der Waals surface area (Å²) < 4.78 is 14.8. The fourth-order valence-corrected chi connectivity index (χ4v) is 5.59. The minimum atomic E-state index is -0.160. The van der Waals surface area contributed by atoms with Crippen LogP contribution in [-0.4, -0.2) is 21.6 Å². The number of anilines is 2. The molecule has 2 aliphatic rings. The SMILES string of the molecule is Cc1c(F)sc2ccc(N3C(=O)N(c4cnccc4C4CC4)CC3I)cc12. The fraction of sp³-hybridized carbons (Fsp3) is 0.300. The number of benzene rings is 1. The van der Waals surface area contributed by atoms with Crippen LogP contribution in [0.3, 0.4) is 0 Å². The summed E-state index contributed by atoms with van der Waals surface area (Å²) in [5.74, 6) is 0.547. The third-order valence-corrected chi connectivity index (χ3v) is 7.34. The number of aryl methyl sites for hydroxylation is 1. The maximum absolute atomic E-state index is 13.9. The van der Waals surface area contributed by atoms with Gasteiger partial charge in [-0.1, -0.05) is 22.6 Å². The zero-order chi connectivity index (χ0) is 18.7. The highest BCUT2D eigenvalue weighted by Crippen LogP contribution is 2.45. The average Bonchev–Trinajstić information content (AvgIpc) is 3.42. The molecule has 1 saturated carbocycles. The van der Waals surface area contributed by atoms with Crippen molar-refractivity contribution in [2.45, 2.75) is 29.7 Å². The Bertz CT molecular complexity index is 1060. The lowest BCUT2D eigenvalue weighted by atomic mass is 10.1. The number of rotatable bonds is 3. The first-order valence-electron chi connectivity index (χ1n) is 8.92. The number of alkyl halides is 1. The van der Waals surface area contributed by atoms with Gasteiger partial charge in [-0.25, -0.2) is 4.79 Å². The molecular formula is C20H17FIN3OS. The maximum Gasteiger partial charge on any atom is 0.330 e. The minimum absolute atomic E-state index is 0.00333. The van der Waals surface area contributed by atoms with Gasteiger partial charge in [0.25, 0.3) is 0 Å². The van der Waals surface area contributed by atoms with Gasteiger partial charge in [0.2, 0.25) is 0 Å². The number of amides is 2. The predicted octanol–water partition coefficient (Wildman–Crippen LogP) is 5.83. The van der Waals surface area contributed by atoms with Gasteiger partial charge in [0.15, 0.2) is 5.13 Å². The van der Waals surface area contributed by atoms with Gasteiger partial charge in [-0.05, 0) is 55.5 Å². The number of aromatic nitrogens is 1. The lowest BCUT2D eigenvalue weighted by molar-refractivity contribution is 0.255. The number of hydrogen-bond donors (Lipinski definition) is 0. The second-order valence-corrected chi connectivity index (χ2v) is 9.53. The Kier molecular flexibility index (Phi) is 4.12. The largest absolute Gasteiger partial charge is 0.330 e. The van der Waals surface area contributed by atoms with Crippen LogP contribution in [0.15, 0.2) is 36.7 Å². The van der Waals surface area contributed by atoms with Gasteiger partial charge >= 0.3 is 6.03 Å². The Morgan fingerprint density at radius 3 is 2.89 bits per heavy atom. The van der Waals surface area contributed by atoms with Crippen LogP contribution in [0, 0.1) is 12.1 Å². The minimum Gasteiger partial charge on any atom is -0.289 e. The number of halogens is 2. The van der Waals surface area contributed by atoms with Gasteiger partial charge < -0.3 is 0 Å². The van der Waals surface area contributed by atoms with Crippen LogP contribution in [0.4, 0.5) is 20.6 Å². The number of nitrogens with zero attached hydrogens (tertiary/aromatic N) is 3. The maximum atomic E-state index is 13.9. The molecule has 138 valence electrons. The van der Waals surface area contributed by atoms with Crippen molar-refractivity contribution >= 4 is 61.4 Å². The summed E-state index contributed by atoms with van der Waals surface area (Å²) in [7, 11) is 0. The summed E-state index contributed by atoms with van der Waals surface area (Å²) in [5.41, 5.74) is 3.60. The Labute approximate surface area is 174 Å². The summed E-state index contributed by atoms with van der Waals surface area (Å²) >= 11 is 3.46. The number of urea groups is 1. The second kappa shape index (κ2) is 6.41. The van der Waals surface area contributed by atoms with E-state index in [4.69, 9.17) is 0 Å². The molecule has 1 unspecified atom stereocenters. The molecule has 1 aromatic carbocycles. The van der Waals surface area contributed by atoms with Gasteiger partial charge in [0.05, 0.1) is 18.4 Å². The standard InChI is InChI=1S/C20H17FIN3OS/c1-11-15-8-13(4-5-17(15)27-19(11)21)25-18(22)10-24(20(25)26)16-9-23-7-6-14(16)12-2-3-12/h4-9,12,18H,2-3,10H2,1H3. The highest BCUT2D eigenvalue weighted by Gasteiger charge is 2.40. The van der Waals surface area contributed by atoms with Gasteiger partial charge in [-0.2, -0.15) is 4.39 Å². The molecule has 27 heavy (non-hydrogen) atoms. The van der Waals surface area contributed by atoms with Crippen molar-refractivity contribution in [3.8, 4) is 0 Å². The third kappa shape index (κ3) is 2.82. The molecule has 0 N–H and O–H groups in total. The zero-order valence-corrected chi connectivity index (χ0v) is 17.6. The van der Waals surface area contributed by atoms with E-state index in [0.29, 0.717) is 18.0 Å². The average molecular weight is 493 g/mol. The highest BCUT2D eigenvalue weighted by molar-refractivity contribution is 14.1. The van der Waals surface area contributed by atoms with Crippen LogP contribution < -0.4 is 9.80 Å². The molecule has 0 bridgehead atoms. The number of pyridine rings is 1. The Balaban J connectivity index is 1.53. The van der Waals surface area contributed by atoms with Crippen molar-refractivity contribution in [2.75, 3.05) is 16.3 Å². The molecule has 7 heteroatoms. The van der Waals surface area contributed by atoms with E-state index in [-0.39, 0.29) is 15.2 Å². The molecule has 2 amide bonds. The monoisotopic (exact) mass is 493 g/mol. The molecular weight excluding hydrogens is 476 g/mol. The van der Waals surface area contributed by atoms with Crippen molar-refractivity contribution in [3.05, 3.63) is 52.9 Å². The molecule has 1 atom stereocenters. The Morgan fingerprint density at radius 2 is 2.11 bits per heavy atom. The molecule has 5 rings (SSSR count). The molecule has 0 spiro atoms. The van der Waals surface area contributed by atoms with E-state index in [1.165, 1.54) is 18.4 Å². The van der Waals surface area contributed by atoms with Gasteiger partial charge in [-0.15, -0.1) is 11.3 Å². The number of fused-ring (bicyclic) bond motifs is 1. The van der Waals surface area contributed by atoms with Gasteiger partial charge in [0, 0.05) is 27.5 Å². The van der Waals surface area contributed by atoms with E-state index in [1.54, 1.807) is 24.2 Å². The Morgan fingerprint density at radius 1 is 1.30 bits per heavy atom. The second-order valence-electron chi connectivity index (χ2n) is 7.09. The molecule has 3 heterocycles. The van der Waals surface area contributed by atoms with Crippen molar-refractivity contribution in [2.24, 2.45) is 0 Å². The van der Waals surface area contributed by atoms with Crippen LogP contribution >= 0.6 is 33.9 Å². The van der Waals surface area contributed by atoms with Gasteiger partial charge in [0.1, 0.15) is 4.05 Å². The summed E-state index contributed by atoms with van der Waals surface area (Å²) in [6, 6.07) is 7.74. The first-order chi connectivity index (χ1) is 13.0. The molecule has 2 aromatic heterocycles. The van der Waals surface area contributed by atoms with E-state index in [9.17, 15) is 9.18 Å².